The molecule has 2 unspecified atom stereocenters. The van der Waals surface area contributed by atoms with Crippen LogP contribution in [0.15, 0.2) is 6.20 Å². The molecule has 1 aliphatic carbocycles. The monoisotopic (exact) mass is 256 g/mol. The summed E-state index contributed by atoms with van der Waals surface area (Å²) in [5.41, 5.74) is 1.18. The molecule has 1 fully saturated rings. The lowest BCUT2D eigenvalue weighted by molar-refractivity contribution is 0.369. The molecule has 2 rings (SSSR count). The Kier molecular flexibility index (Phi) is 3.97. The lowest BCUT2D eigenvalue weighted by atomic mass is 9.86. The van der Waals surface area contributed by atoms with E-state index >= 15 is 0 Å². The third-order valence-corrected chi connectivity index (χ3v) is 4.06. The third-order valence-electron chi connectivity index (χ3n) is 3.54. The summed E-state index contributed by atoms with van der Waals surface area (Å²) in [6.45, 7) is 4.28. The second kappa shape index (κ2) is 5.30. The summed E-state index contributed by atoms with van der Waals surface area (Å²) in [5, 5.41) is 4.64. The number of methoxy groups -OCH3 is 1. The van der Waals surface area contributed by atoms with Crippen LogP contribution in [0.3, 0.4) is 0 Å². The molecule has 0 bridgehead atoms. The van der Waals surface area contributed by atoms with E-state index in [0.717, 1.165) is 18.6 Å². The van der Waals surface area contributed by atoms with Crippen molar-refractivity contribution in [1.82, 2.24) is 9.78 Å². The van der Waals surface area contributed by atoms with Crippen LogP contribution >= 0.6 is 11.6 Å². The van der Waals surface area contributed by atoms with Crippen LogP contribution in [0.5, 0.6) is 5.75 Å². The van der Waals surface area contributed by atoms with Gasteiger partial charge in [-0.25, -0.2) is 0 Å². The Morgan fingerprint density at radius 3 is 2.71 bits per heavy atom. The van der Waals surface area contributed by atoms with Gasteiger partial charge in [-0.05, 0) is 26.7 Å². The summed E-state index contributed by atoms with van der Waals surface area (Å²) in [4.78, 5) is 0. The van der Waals surface area contributed by atoms with E-state index in [1.807, 2.05) is 6.20 Å². The first-order valence-electron chi connectivity index (χ1n) is 6.40. The molecule has 0 saturated heterocycles. The number of aromatic nitrogens is 2. The normalized spacial score (nSPS) is 25.2. The highest BCUT2D eigenvalue weighted by molar-refractivity contribution is 6.21. The first-order valence-corrected chi connectivity index (χ1v) is 6.84. The van der Waals surface area contributed by atoms with E-state index in [0.29, 0.717) is 12.0 Å². The molecule has 2 atom stereocenters. The van der Waals surface area contributed by atoms with Crippen LogP contribution in [-0.4, -0.2) is 22.3 Å². The Bertz CT molecular complexity index is 375. The van der Waals surface area contributed by atoms with Crippen molar-refractivity contribution in [3.8, 4) is 5.75 Å². The second-order valence-electron chi connectivity index (χ2n) is 5.04. The smallest absolute Gasteiger partial charge is 0.160 e. The summed E-state index contributed by atoms with van der Waals surface area (Å²) >= 11 is 6.48. The molecule has 17 heavy (non-hydrogen) atoms. The SMILES string of the molecule is COc1cnn(C(C)C)c1C1CCCCC1Cl. The molecular formula is C13H21ClN2O. The van der Waals surface area contributed by atoms with Crippen LogP contribution in [-0.2, 0) is 0 Å². The third kappa shape index (κ3) is 2.44. The highest BCUT2D eigenvalue weighted by Gasteiger charge is 2.31. The van der Waals surface area contributed by atoms with Crippen molar-refractivity contribution >= 4 is 11.6 Å². The predicted octanol–water partition coefficient (Wildman–Crippen LogP) is 3.74. The second-order valence-corrected chi connectivity index (χ2v) is 5.60. The lowest BCUT2D eigenvalue weighted by Crippen LogP contribution is -2.22. The molecule has 1 saturated carbocycles. The van der Waals surface area contributed by atoms with Crippen molar-refractivity contribution in [3.05, 3.63) is 11.9 Å². The van der Waals surface area contributed by atoms with Crippen LogP contribution in [0.4, 0.5) is 0 Å². The van der Waals surface area contributed by atoms with Gasteiger partial charge in [0.25, 0.3) is 0 Å². The topological polar surface area (TPSA) is 27.1 Å². The standard InChI is InChI=1S/C13H21ClN2O/c1-9(2)16-13(12(17-3)8-15-16)10-6-4-5-7-11(10)14/h8-11H,4-7H2,1-3H3. The quantitative estimate of drug-likeness (QED) is 0.771. The Morgan fingerprint density at radius 2 is 2.12 bits per heavy atom. The number of hydrogen-bond donors (Lipinski definition) is 0. The zero-order valence-electron chi connectivity index (χ0n) is 10.8. The maximum Gasteiger partial charge on any atom is 0.160 e. The predicted molar refractivity (Wildman–Crippen MR) is 70.0 cm³/mol. The molecular weight excluding hydrogens is 236 g/mol. The molecule has 96 valence electrons. The van der Waals surface area contributed by atoms with Crippen molar-refractivity contribution in [1.29, 1.82) is 0 Å². The molecule has 0 radical (unpaired) electrons. The number of ether oxygens (including phenoxy) is 1. The number of rotatable bonds is 3. The highest BCUT2D eigenvalue weighted by Crippen LogP contribution is 2.41. The highest BCUT2D eigenvalue weighted by atomic mass is 35.5. The summed E-state index contributed by atoms with van der Waals surface area (Å²) in [6.07, 6.45) is 6.54. The average molecular weight is 257 g/mol. The number of halogens is 1. The van der Waals surface area contributed by atoms with Crippen LogP contribution in [0, 0.1) is 0 Å². The van der Waals surface area contributed by atoms with Gasteiger partial charge in [0.2, 0.25) is 0 Å². The number of hydrogen-bond acceptors (Lipinski definition) is 2. The molecule has 1 aliphatic rings. The fourth-order valence-corrected chi connectivity index (χ4v) is 3.07. The van der Waals surface area contributed by atoms with Crippen LogP contribution in [0.1, 0.15) is 57.2 Å². The van der Waals surface area contributed by atoms with E-state index < -0.39 is 0 Å². The molecule has 0 spiro atoms. The minimum Gasteiger partial charge on any atom is -0.493 e. The van der Waals surface area contributed by atoms with Crippen LogP contribution in [0.2, 0.25) is 0 Å². The van der Waals surface area contributed by atoms with Gasteiger partial charge in [0, 0.05) is 17.3 Å². The zero-order chi connectivity index (χ0) is 12.4. The van der Waals surface area contributed by atoms with Gasteiger partial charge in [-0.1, -0.05) is 12.8 Å². The Labute approximate surface area is 108 Å². The number of alkyl halides is 1. The first-order chi connectivity index (χ1) is 8.15. The number of nitrogens with zero attached hydrogens (tertiary/aromatic N) is 2. The maximum absolute atomic E-state index is 6.48. The van der Waals surface area contributed by atoms with E-state index in [2.05, 4.69) is 23.6 Å². The van der Waals surface area contributed by atoms with Crippen molar-refractivity contribution < 1.29 is 4.74 Å². The van der Waals surface area contributed by atoms with E-state index in [-0.39, 0.29) is 5.38 Å². The van der Waals surface area contributed by atoms with Crippen molar-refractivity contribution in [2.24, 2.45) is 0 Å². The molecule has 1 heterocycles. The van der Waals surface area contributed by atoms with Crippen molar-refractivity contribution in [3.63, 3.8) is 0 Å². The zero-order valence-corrected chi connectivity index (χ0v) is 11.6. The summed E-state index contributed by atoms with van der Waals surface area (Å²) in [5.74, 6) is 1.27. The largest absolute Gasteiger partial charge is 0.493 e. The van der Waals surface area contributed by atoms with Gasteiger partial charge in [0.05, 0.1) is 19.0 Å². The van der Waals surface area contributed by atoms with Crippen LogP contribution < -0.4 is 4.74 Å². The van der Waals surface area contributed by atoms with Crippen LogP contribution in [0.25, 0.3) is 0 Å². The molecule has 3 nitrogen and oxygen atoms in total. The Hall–Kier alpha value is -0.700. The lowest BCUT2D eigenvalue weighted by Gasteiger charge is -2.29. The Balaban J connectivity index is 2.37. The van der Waals surface area contributed by atoms with E-state index in [1.54, 1.807) is 7.11 Å². The van der Waals surface area contributed by atoms with E-state index in [1.165, 1.54) is 18.5 Å². The minimum atomic E-state index is 0.215. The van der Waals surface area contributed by atoms with Gasteiger partial charge in [-0.3, -0.25) is 4.68 Å². The molecule has 1 aromatic heterocycles. The van der Waals surface area contributed by atoms with Crippen molar-refractivity contribution in [2.45, 2.75) is 56.9 Å². The summed E-state index contributed by atoms with van der Waals surface area (Å²) < 4.78 is 7.50. The molecule has 0 amide bonds. The average Bonchev–Trinajstić information content (AvgIpc) is 2.73. The summed E-state index contributed by atoms with van der Waals surface area (Å²) in [7, 11) is 1.71. The summed E-state index contributed by atoms with van der Waals surface area (Å²) in [6, 6.07) is 0.347. The molecule has 4 heteroatoms. The van der Waals surface area contributed by atoms with Gasteiger partial charge < -0.3 is 4.74 Å². The van der Waals surface area contributed by atoms with Gasteiger partial charge in [0.1, 0.15) is 0 Å². The molecule has 1 aromatic rings. The minimum absolute atomic E-state index is 0.215. The van der Waals surface area contributed by atoms with E-state index in [4.69, 9.17) is 16.3 Å². The molecule has 0 aliphatic heterocycles. The first kappa shape index (κ1) is 12.7. The van der Waals surface area contributed by atoms with Gasteiger partial charge in [-0.15, -0.1) is 11.6 Å². The maximum atomic E-state index is 6.48. The Morgan fingerprint density at radius 1 is 1.41 bits per heavy atom. The van der Waals surface area contributed by atoms with Crippen molar-refractivity contribution in [2.75, 3.05) is 7.11 Å². The van der Waals surface area contributed by atoms with E-state index in [9.17, 15) is 0 Å². The van der Waals surface area contributed by atoms with Gasteiger partial charge in [0.15, 0.2) is 5.75 Å². The fraction of sp³-hybridized carbons (Fsp3) is 0.769. The van der Waals surface area contributed by atoms with Gasteiger partial charge >= 0.3 is 0 Å². The molecule has 0 aromatic carbocycles. The van der Waals surface area contributed by atoms with Gasteiger partial charge in [-0.2, -0.15) is 5.10 Å². The fourth-order valence-electron chi connectivity index (χ4n) is 2.67. The molecule has 0 N–H and O–H groups in total.